The van der Waals surface area contributed by atoms with Crippen LogP contribution < -0.4 is 9.64 Å². The number of hydrogen-bond donors (Lipinski definition) is 0. The fraction of sp³-hybridized carbons (Fsp3) is 0.462. The van der Waals surface area contributed by atoms with Gasteiger partial charge in [0.05, 0.1) is 18.7 Å². The average molecular weight is 219 g/mol. The van der Waals surface area contributed by atoms with Crippen LogP contribution in [0.4, 0.5) is 5.69 Å². The van der Waals surface area contributed by atoms with E-state index in [-0.39, 0.29) is 5.91 Å². The van der Waals surface area contributed by atoms with E-state index in [9.17, 15) is 4.79 Å². The molecule has 2 rings (SSSR count). The summed E-state index contributed by atoms with van der Waals surface area (Å²) in [5.41, 5.74) is 2.15. The fourth-order valence-corrected chi connectivity index (χ4v) is 1.94. The Balaban J connectivity index is 2.38. The molecule has 1 amide bonds. The monoisotopic (exact) mass is 219 g/mol. The molecular formula is C13H17NO2. The number of fused-ring (bicyclic) bond motifs is 1. The van der Waals surface area contributed by atoms with Gasteiger partial charge in [-0.05, 0) is 24.1 Å². The van der Waals surface area contributed by atoms with E-state index in [4.69, 9.17) is 4.74 Å². The van der Waals surface area contributed by atoms with Crippen LogP contribution in [0.25, 0.3) is 0 Å². The molecule has 3 heteroatoms. The van der Waals surface area contributed by atoms with Crippen LogP contribution in [0.2, 0.25) is 0 Å². The zero-order valence-electron chi connectivity index (χ0n) is 9.82. The molecule has 1 aliphatic heterocycles. The van der Waals surface area contributed by atoms with Crippen LogP contribution in [0.5, 0.6) is 5.75 Å². The van der Waals surface area contributed by atoms with Gasteiger partial charge in [0.1, 0.15) is 5.75 Å². The Morgan fingerprint density at radius 2 is 2.25 bits per heavy atom. The summed E-state index contributed by atoms with van der Waals surface area (Å²) in [5, 5.41) is 0. The first-order valence-electron chi connectivity index (χ1n) is 5.74. The molecule has 3 nitrogen and oxygen atoms in total. The molecular weight excluding hydrogens is 202 g/mol. The predicted octanol–water partition coefficient (Wildman–Crippen LogP) is 2.38. The highest BCUT2D eigenvalue weighted by molar-refractivity contribution is 5.95. The first-order chi connectivity index (χ1) is 7.72. The van der Waals surface area contributed by atoms with Crippen molar-refractivity contribution in [1.29, 1.82) is 0 Å². The second kappa shape index (κ2) is 4.56. The van der Waals surface area contributed by atoms with Gasteiger partial charge in [0, 0.05) is 7.05 Å². The van der Waals surface area contributed by atoms with Crippen molar-refractivity contribution < 1.29 is 9.53 Å². The van der Waals surface area contributed by atoms with Gasteiger partial charge in [-0.3, -0.25) is 4.79 Å². The summed E-state index contributed by atoms with van der Waals surface area (Å²) in [5.74, 6) is 0.931. The lowest BCUT2D eigenvalue weighted by Crippen LogP contribution is -2.25. The number of hydrogen-bond acceptors (Lipinski definition) is 2. The molecule has 1 aromatic rings. The Labute approximate surface area is 96.0 Å². The summed E-state index contributed by atoms with van der Waals surface area (Å²) in [6.45, 7) is 2.63. The first-order valence-corrected chi connectivity index (χ1v) is 5.74. The number of anilines is 1. The maximum Gasteiger partial charge on any atom is 0.230 e. The number of ether oxygens (including phenoxy) is 1. The standard InChI is InChI=1S/C13H17NO2/c1-3-4-10-5-6-12-11(9-10)14(2)13(15)7-8-16-12/h5-6,9H,3-4,7-8H2,1-2H3. The van der Waals surface area contributed by atoms with Gasteiger partial charge in [0.25, 0.3) is 0 Å². The Kier molecular flexibility index (Phi) is 3.13. The van der Waals surface area contributed by atoms with E-state index >= 15 is 0 Å². The van der Waals surface area contributed by atoms with E-state index in [0.29, 0.717) is 13.0 Å². The normalized spacial score (nSPS) is 15.4. The van der Waals surface area contributed by atoms with E-state index < -0.39 is 0 Å². The van der Waals surface area contributed by atoms with Gasteiger partial charge >= 0.3 is 0 Å². The van der Waals surface area contributed by atoms with Crippen LogP contribution in [0.3, 0.4) is 0 Å². The molecule has 1 heterocycles. The maximum absolute atomic E-state index is 11.7. The summed E-state index contributed by atoms with van der Waals surface area (Å²) in [7, 11) is 1.81. The summed E-state index contributed by atoms with van der Waals surface area (Å²) in [6, 6.07) is 6.10. The van der Waals surface area contributed by atoms with Crippen molar-refractivity contribution in [3.05, 3.63) is 23.8 Å². The van der Waals surface area contributed by atoms with Crippen molar-refractivity contribution in [3.63, 3.8) is 0 Å². The Hall–Kier alpha value is -1.51. The molecule has 0 radical (unpaired) electrons. The molecule has 1 aliphatic rings. The lowest BCUT2D eigenvalue weighted by atomic mass is 10.1. The minimum Gasteiger partial charge on any atom is -0.491 e. The number of carbonyl (C=O) groups excluding carboxylic acids is 1. The van der Waals surface area contributed by atoms with E-state index in [1.807, 2.05) is 13.1 Å². The largest absolute Gasteiger partial charge is 0.491 e. The van der Waals surface area contributed by atoms with Crippen LogP contribution in [-0.2, 0) is 11.2 Å². The van der Waals surface area contributed by atoms with Gasteiger partial charge in [-0.15, -0.1) is 0 Å². The second-order valence-electron chi connectivity index (χ2n) is 4.10. The Morgan fingerprint density at radius 1 is 1.44 bits per heavy atom. The van der Waals surface area contributed by atoms with Crippen LogP contribution in [0, 0.1) is 0 Å². The Bertz CT molecular complexity index is 401. The van der Waals surface area contributed by atoms with Gasteiger partial charge in [-0.25, -0.2) is 0 Å². The van der Waals surface area contributed by atoms with E-state index in [0.717, 1.165) is 24.3 Å². The minimum absolute atomic E-state index is 0.118. The van der Waals surface area contributed by atoms with Gasteiger partial charge in [0.2, 0.25) is 5.91 Å². The molecule has 0 aromatic heterocycles. The van der Waals surface area contributed by atoms with Crippen molar-refractivity contribution in [2.45, 2.75) is 26.2 Å². The van der Waals surface area contributed by atoms with Gasteiger partial charge in [0.15, 0.2) is 0 Å². The molecule has 0 fully saturated rings. The quantitative estimate of drug-likeness (QED) is 0.764. The fourth-order valence-electron chi connectivity index (χ4n) is 1.94. The summed E-state index contributed by atoms with van der Waals surface area (Å²) >= 11 is 0. The van der Waals surface area contributed by atoms with Crippen molar-refractivity contribution in [3.8, 4) is 5.75 Å². The van der Waals surface area contributed by atoms with E-state index in [1.165, 1.54) is 5.56 Å². The van der Waals surface area contributed by atoms with E-state index in [1.54, 1.807) is 4.90 Å². The highest BCUT2D eigenvalue weighted by Gasteiger charge is 2.19. The number of nitrogens with zero attached hydrogens (tertiary/aromatic N) is 1. The van der Waals surface area contributed by atoms with Crippen LogP contribution >= 0.6 is 0 Å². The third kappa shape index (κ3) is 2.03. The molecule has 16 heavy (non-hydrogen) atoms. The lowest BCUT2D eigenvalue weighted by molar-refractivity contribution is -0.118. The first kappa shape index (κ1) is 11.0. The van der Waals surface area contributed by atoms with Crippen molar-refractivity contribution >= 4 is 11.6 Å². The topological polar surface area (TPSA) is 29.5 Å². The lowest BCUT2D eigenvalue weighted by Gasteiger charge is -2.17. The van der Waals surface area contributed by atoms with E-state index in [2.05, 4.69) is 19.1 Å². The number of amides is 1. The highest BCUT2D eigenvalue weighted by atomic mass is 16.5. The molecule has 0 aliphatic carbocycles. The molecule has 0 atom stereocenters. The Morgan fingerprint density at radius 3 is 3.00 bits per heavy atom. The van der Waals surface area contributed by atoms with Crippen LogP contribution in [-0.4, -0.2) is 19.6 Å². The number of rotatable bonds is 2. The molecule has 0 saturated carbocycles. The molecule has 1 aromatic carbocycles. The minimum atomic E-state index is 0.118. The number of aryl methyl sites for hydroxylation is 1. The number of carbonyl (C=O) groups is 1. The van der Waals surface area contributed by atoms with Gasteiger partial charge in [-0.1, -0.05) is 19.4 Å². The van der Waals surface area contributed by atoms with Crippen molar-refractivity contribution in [2.24, 2.45) is 0 Å². The zero-order chi connectivity index (χ0) is 11.5. The predicted molar refractivity (Wildman–Crippen MR) is 64.0 cm³/mol. The zero-order valence-corrected chi connectivity index (χ0v) is 9.82. The van der Waals surface area contributed by atoms with Crippen LogP contribution in [0.1, 0.15) is 25.3 Å². The SMILES string of the molecule is CCCc1ccc2c(c1)N(C)C(=O)CCO2. The average Bonchev–Trinajstić information content (AvgIpc) is 2.42. The summed E-state index contributed by atoms with van der Waals surface area (Å²) < 4.78 is 5.56. The summed E-state index contributed by atoms with van der Waals surface area (Å²) in [4.78, 5) is 13.4. The third-order valence-corrected chi connectivity index (χ3v) is 2.87. The number of benzene rings is 1. The molecule has 0 N–H and O–H groups in total. The van der Waals surface area contributed by atoms with Crippen LogP contribution in [0.15, 0.2) is 18.2 Å². The van der Waals surface area contributed by atoms with Crippen molar-refractivity contribution in [1.82, 2.24) is 0 Å². The summed E-state index contributed by atoms with van der Waals surface area (Å²) in [6.07, 6.45) is 2.60. The molecule has 0 unspecified atom stereocenters. The highest BCUT2D eigenvalue weighted by Crippen LogP contribution is 2.31. The van der Waals surface area contributed by atoms with Gasteiger partial charge < -0.3 is 9.64 Å². The molecule has 0 spiro atoms. The van der Waals surface area contributed by atoms with Gasteiger partial charge in [-0.2, -0.15) is 0 Å². The third-order valence-electron chi connectivity index (χ3n) is 2.87. The maximum atomic E-state index is 11.7. The molecule has 0 bridgehead atoms. The second-order valence-corrected chi connectivity index (χ2v) is 4.10. The molecule has 0 saturated heterocycles. The van der Waals surface area contributed by atoms with Crippen molar-refractivity contribution in [2.75, 3.05) is 18.6 Å². The molecule has 86 valence electrons. The smallest absolute Gasteiger partial charge is 0.230 e.